The highest BCUT2D eigenvalue weighted by Crippen LogP contribution is 2.29. The van der Waals surface area contributed by atoms with Crippen molar-refractivity contribution in [2.45, 2.75) is 0 Å². The number of benzene rings is 2. The minimum atomic E-state index is -0.727. The van der Waals surface area contributed by atoms with Crippen LogP contribution >= 0.6 is 27.5 Å². The van der Waals surface area contributed by atoms with Crippen LogP contribution in [0.5, 0.6) is 11.5 Å². The summed E-state index contributed by atoms with van der Waals surface area (Å²) in [4.78, 5) is 16.1. The third-order valence-electron chi connectivity index (χ3n) is 3.14. The van der Waals surface area contributed by atoms with Gasteiger partial charge >= 0.3 is 5.97 Å². The number of carbonyl (C=O) groups excluding carboxylic acids is 1. The summed E-state index contributed by atoms with van der Waals surface area (Å²) in [6, 6.07) is 11.0. The number of carbonyl (C=O) groups is 1. The molecular formula is C17H10BrClFNO3. The van der Waals surface area contributed by atoms with Crippen molar-refractivity contribution in [3.8, 4) is 11.5 Å². The highest BCUT2D eigenvalue weighted by atomic mass is 79.9. The Morgan fingerprint density at radius 2 is 2.00 bits per heavy atom. The van der Waals surface area contributed by atoms with Gasteiger partial charge in [-0.05, 0) is 42.5 Å². The van der Waals surface area contributed by atoms with Crippen molar-refractivity contribution < 1.29 is 18.7 Å². The van der Waals surface area contributed by atoms with E-state index in [1.807, 2.05) is 0 Å². The number of ether oxygens (including phenoxy) is 2. The van der Waals surface area contributed by atoms with E-state index in [1.165, 1.54) is 12.1 Å². The Hall–Kier alpha value is -2.18. The fraction of sp³-hybridized carbons (Fsp3) is 0.0588. The van der Waals surface area contributed by atoms with Crippen LogP contribution in [0.1, 0.15) is 0 Å². The van der Waals surface area contributed by atoms with Crippen molar-refractivity contribution in [2.75, 3.05) is 6.61 Å². The molecule has 0 atom stereocenters. The predicted octanol–water partition coefficient (Wildman–Crippen LogP) is 4.77. The van der Waals surface area contributed by atoms with E-state index in [-0.39, 0.29) is 12.4 Å². The van der Waals surface area contributed by atoms with Crippen LogP contribution in [0.15, 0.2) is 53.1 Å². The van der Waals surface area contributed by atoms with Crippen molar-refractivity contribution in [1.29, 1.82) is 0 Å². The first-order valence-corrected chi connectivity index (χ1v) is 8.03. The summed E-state index contributed by atoms with van der Waals surface area (Å²) in [5.41, 5.74) is 0.535. The maximum atomic E-state index is 13.7. The number of hydrogen-bond acceptors (Lipinski definition) is 4. The molecule has 3 aromatic rings. The fourth-order valence-corrected chi connectivity index (χ4v) is 2.62. The van der Waals surface area contributed by atoms with E-state index >= 15 is 0 Å². The maximum Gasteiger partial charge on any atom is 0.349 e. The van der Waals surface area contributed by atoms with Crippen LogP contribution in [-0.4, -0.2) is 17.6 Å². The molecule has 0 aliphatic heterocycles. The van der Waals surface area contributed by atoms with Crippen LogP contribution in [0.25, 0.3) is 10.9 Å². The highest BCUT2D eigenvalue weighted by molar-refractivity contribution is 9.10. The lowest BCUT2D eigenvalue weighted by molar-refractivity contribution is -0.136. The van der Waals surface area contributed by atoms with Crippen molar-refractivity contribution in [1.82, 2.24) is 4.98 Å². The van der Waals surface area contributed by atoms with Crippen molar-refractivity contribution in [2.24, 2.45) is 0 Å². The fourth-order valence-electron chi connectivity index (χ4n) is 2.08. The summed E-state index contributed by atoms with van der Waals surface area (Å²) < 4.78 is 24.6. The van der Waals surface area contributed by atoms with E-state index in [9.17, 15) is 9.18 Å². The molecule has 0 N–H and O–H groups in total. The zero-order chi connectivity index (χ0) is 17.1. The number of pyridine rings is 1. The summed E-state index contributed by atoms with van der Waals surface area (Å²) in [6.45, 7) is -0.386. The molecule has 0 amide bonds. The van der Waals surface area contributed by atoms with Crippen LogP contribution in [0.4, 0.5) is 4.39 Å². The number of nitrogens with zero attached hydrogens (tertiary/aromatic N) is 1. The minimum absolute atomic E-state index is 0.161. The topological polar surface area (TPSA) is 48.4 Å². The number of aromatic nitrogens is 1. The Balaban J connectivity index is 1.72. The molecule has 0 saturated carbocycles. The van der Waals surface area contributed by atoms with E-state index < -0.39 is 11.8 Å². The van der Waals surface area contributed by atoms with E-state index in [0.29, 0.717) is 26.1 Å². The highest BCUT2D eigenvalue weighted by Gasteiger charge is 2.13. The lowest BCUT2D eigenvalue weighted by Gasteiger charge is -2.10. The summed E-state index contributed by atoms with van der Waals surface area (Å²) in [5, 5.41) is 1.24. The van der Waals surface area contributed by atoms with Crippen LogP contribution in [0.3, 0.4) is 0 Å². The minimum Gasteiger partial charge on any atom is -0.480 e. The second kappa shape index (κ2) is 7.15. The van der Waals surface area contributed by atoms with Gasteiger partial charge in [-0.25, -0.2) is 9.18 Å². The number of rotatable bonds is 4. The van der Waals surface area contributed by atoms with E-state index in [0.717, 1.165) is 0 Å². The number of halogens is 3. The average molecular weight is 411 g/mol. The molecule has 0 bridgehead atoms. The molecule has 0 radical (unpaired) electrons. The number of esters is 1. The van der Waals surface area contributed by atoms with Crippen molar-refractivity contribution >= 4 is 44.4 Å². The first-order valence-electron chi connectivity index (χ1n) is 6.86. The van der Waals surface area contributed by atoms with Gasteiger partial charge in [0, 0.05) is 16.1 Å². The molecule has 0 saturated heterocycles. The normalized spacial score (nSPS) is 10.6. The van der Waals surface area contributed by atoms with Gasteiger partial charge in [-0.2, -0.15) is 0 Å². The second-order valence-corrected chi connectivity index (χ2v) is 6.11. The molecule has 24 heavy (non-hydrogen) atoms. The molecule has 0 aliphatic carbocycles. The average Bonchev–Trinajstić information content (AvgIpc) is 2.57. The molecule has 3 rings (SSSR count). The van der Waals surface area contributed by atoms with Gasteiger partial charge < -0.3 is 9.47 Å². The Labute approximate surface area is 150 Å². The molecule has 122 valence electrons. The lowest BCUT2D eigenvalue weighted by Crippen LogP contribution is -2.18. The summed E-state index contributed by atoms with van der Waals surface area (Å²) in [7, 11) is 0. The molecule has 0 unspecified atom stereocenters. The van der Waals surface area contributed by atoms with Gasteiger partial charge in [0.25, 0.3) is 0 Å². The van der Waals surface area contributed by atoms with Gasteiger partial charge in [-0.15, -0.1) is 0 Å². The summed E-state index contributed by atoms with van der Waals surface area (Å²) in [5.74, 6) is -1.14. The molecule has 0 spiro atoms. The maximum absolute atomic E-state index is 13.7. The van der Waals surface area contributed by atoms with Gasteiger partial charge in [0.05, 0.1) is 5.02 Å². The Morgan fingerprint density at radius 1 is 1.21 bits per heavy atom. The van der Waals surface area contributed by atoms with Crippen molar-refractivity contribution in [3.05, 3.63) is 64.0 Å². The number of hydrogen-bond donors (Lipinski definition) is 0. The predicted molar refractivity (Wildman–Crippen MR) is 92.0 cm³/mol. The van der Waals surface area contributed by atoms with E-state index in [4.69, 9.17) is 21.1 Å². The summed E-state index contributed by atoms with van der Waals surface area (Å²) >= 11 is 9.23. The number of fused-ring (bicyclic) bond motifs is 1. The molecule has 2 aromatic carbocycles. The largest absolute Gasteiger partial charge is 0.480 e. The van der Waals surface area contributed by atoms with Crippen LogP contribution in [0, 0.1) is 5.82 Å². The van der Waals surface area contributed by atoms with Gasteiger partial charge in [0.2, 0.25) is 0 Å². The van der Waals surface area contributed by atoms with Gasteiger partial charge in [-0.1, -0.05) is 27.5 Å². The third-order valence-corrected chi connectivity index (χ3v) is 3.97. The molecule has 1 aromatic heterocycles. The van der Waals surface area contributed by atoms with Crippen LogP contribution in [0.2, 0.25) is 5.02 Å². The third kappa shape index (κ3) is 3.66. The Morgan fingerprint density at radius 3 is 2.79 bits per heavy atom. The van der Waals surface area contributed by atoms with Crippen LogP contribution < -0.4 is 9.47 Å². The SMILES string of the molecule is O=C(COc1ccc(Cl)c2cccnc12)Oc1ccc(Br)cc1F. The lowest BCUT2D eigenvalue weighted by atomic mass is 10.2. The van der Waals surface area contributed by atoms with E-state index in [2.05, 4.69) is 20.9 Å². The monoisotopic (exact) mass is 409 g/mol. The van der Waals surface area contributed by atoms with Crippen molar-refractivity contribution in [3.63, 3.8) is 0 Å². The second-order valence-electron chi connectivity index (χ2n) is 4.78. The Kier molecular flexibility index (Phi) is 4.97. The molecule has 7 heteroatoms. The van der Waals surface area contributed by atoms with E-state index in [1.54, 1.807) is 36.5 Å². The first-order chi connectivity index (χ1) is 11.5. The summed E-state index contributed by atoms with van der Waals surface area (Å²) in [6.07, 6.45) is 1.60. The molecule has 1 heterocycles. The Bertz CT molecular complexity index is 919. The standard InChI is InChI=1S/C17H10BrClFNO3/c18-10-3-5-14(13(20)8-10)24-16(22)9-23-15-6-4-12(19)11-2-1-7-21-17(11)15/h1-8H,9H2. The van der Waals surface area contributed by atoms with Crippen LogP contribution in [-0.2, 0) is 4.79 Å². The first kappa shape index (κ1) is 16.7. The van der Waals surface area contributed by atoms with Gasteiger partial charge in [0.1, 0.15) is 11.3 Å². The molecule has 0 fully saturated rings. The molecule has 0 aliphatic rings. The zero-order valence-corrected chi connectivity index (χ0v) is 14.5. The molecule has 4 nitrogen and oxygen atoms in total. The van der Waals surface area contributed by atoms with Gasteiger partial charge in [-0.3, -0.25) is 4.98 Å². The zero-order valence-electron chi connectivity index (χ0n) is 12.1. The van der Waals surface area contributed by atoms with Gasteiger partial charge in [0.15, 0.2) is 18.2 Å². The molecular weight excluding hydrogens is 401 g/mol. The smallest absolute Gasteiger partial charge is 0.349 e. The quantitative estimate of drug-likeness (QED) is 0.459.